The molecule has 1 aliphatic heterocycles. The van der Waals surface area contributed by atoms with Gasteiger partial charge in [0.15, 0.2) is 18.1 Å². The first-order valence-corrected chi connectivity index (χ1v) is 8.18. The highest BCUT2D eigenvalue weighted by molar-refractivity contribution is 5.90. The molecule has 6 heteroatoms. The molecular formula is C18H25NO5. The van der Waals surface area contributed by atoms with Crippen molar-refractivity contribution in [3.05, 3.63) is 23.8 Å². The summed E-state index contributed by atoms with van der Waals surface area (Å²) >= 11 is 0. The Morgan fingerprint density at radius 3 is 2.38 bits per heavy atom. The van der Waals surface area contributed by atoms with Gasteiger partial charge in [-0.3, -0.25) is 4.79 Å². The van der Waals surface area contributed by atoms with Gasteiger partial charge in [-0.05, 0) is 51.3 Å². The zero-order valence-corrected chi connectivity index (χ0v) is 14.7. The lowest BCUT2D eigenvalue weighted by Gasteiger charge is -2.39. The van der Waals surface area contributed by atoms with Gasteiger partial charge >= 0.3 is 5.97 Å². The number of benzene rings is 1. The molecule has 132 valence electrons. The zero-order valence-electron chi connectivity index (χ0n) is 14.7. The number of nitrogens with zero attached hydrogens (tertiary/aromatic N) is 1. The van der Waals surface area contributed by atoms with E-state index in [9.17, 15) is 9.59 Å². The molecule has 24 heavy (non-hydrogen) atoms. The van der Waals surface area contributed by atoms with Gasteiger partial charge in [-0.25, -0.2) is 4.79 Å². The van der Waals surface area contributed by atoms with Crippen molar-refractivity contribution < 1.29 is 23.8 Å². The van der Waals surface area contributed by atoms with E-state index in [-0.39, 0.29) is 24.6 Å². The first kappa shape index (κ1) is 18.1. The molecule has 2 atom stereocenters. The number of hydrogen-bond donors (Lipinski definition) is 0. The highest BCUT2D eigenvalue weighted by Crippen LogP contribution is 2.29. The van der Waals surface area contributed by atoms with Crippen LogP contribution in [0.1, 0.15) is 43.5 Å². The van der Waals surface area contributed by atoms with Gasteiger partial charge in [0, 0.05) is 12.1 Å². The fraction of sp³-hybridized carbons (Fsp3) is 0.556. The largest absolute Gasteiger partial charge is 0.493 e. The molecule has 0 saturated carbocycles. The second-order valence-electron chi connectivity index (χ2n) is 6.08. The summed E-state index contributed by atoms with van der Waals surface area (Å²) in [6, 6.07) is 5.20. The molecule has 1 heterocycles. The summed E-state index contributed by atoms with van der Waals surface area (Å²) in [7, 11) is 2.80. The normalized spacial score (nSPS) is 20.4. The van der Waals surface area contributed by atoms with Crippen LogP contribution in [0.25, 0.3) is 0 Å². The minimum Gasteiger partial charge on any atom is -0.493 e. The van der Waals surface area contributed by atoms with E-state index in [1.54, 1.807) is 12.1 Å². The van der Waals surface area contributed by atoms with Crippen molar-refractivity contribution in [3.8, 4) is 11.5 Å². The molecule has 0 radical (unpaired) electrons. The van der Waals surface area contributed by atoms with E-state index in [4.69, 9.17) is 9.47 Å². The molecule has 0 N–H and O–H groups in total. The Kier molecular flexibility index (Phi) is 6.06. The van der Waals surface area contributed by atoms with Crippen molar-refractivity contribution in [1.82, 2.24) is 4.90 Å². The molecule has 6 nitrogen and oxygen atoms in total. The molecule has 0 spiro atoms. The highest BCUT2D eigenvalue weighted by atomic mass is 16.5. The van der Waals surface area contributed by atoms with Crippen molar-refractivity contribution in [2.24, 2.45) is 0 Å². The third-order valence-electron chi connectivity index (χ3n) is 4.42. The van der Waals surface area contributed by atoms with Crippen LogP contribution in [-0.4, -0.2) is 49.7 Å². The highest BCUT2D eigenvalue weighted by Gasteiger charge is 2.29. The number of rotatable bonds is 5. The van der Waals surface area contributed by atoms with E-state index in [1.165, 1.54) is 20.3 Å². The average Bonchev–Trinajstić information content (AvgIpc) is 2.58. The van der Waals surface area contributed by atoms with E-state index in [0.29, 0.717) is 17.1 Å². The Bertz CT molecular complexity index is 591. The van der Waals surface area contributed by atoms with E-state index >= 15 is 0 Å². The van der Waals surface area contributed by atoms with Crippen LogP contribution in [0, 0.1) is 0 Å². The van der Waals surface area contributed by atoms with Crippen LogP contribution in [0.2, 0.25) is 0 Å². The van der Waals surface area contributed by atoms with Crippen LogP contribution in [-0.2, 0) is 9.53 Å². The number of likely N-dealkylation sites (tertiary alicyclic amines) is 1. The maximum absolute atomic E-state index is 12.5. The summed E-state index contributed by atoms with van der Waals surface area (Å²) in [5, 5.41) is 0. The number of ether oxygens (including phenoxy) is 3. The van der Waals surface area contributed by atoms with Gasteiger partial charge in [0.25, 0.3) is 5.91 Å². The van der Waals surface area contributed by atoms with E-state index in [0.717, 1.165) is 19.3 Å². The van der Waals surface area contributed by atoms with Crippen molar-refractivity contribution >= 4 is 11.9 Å². The lowest BCUT2D eigenvalue weighted by molar-refractivity contribution is -0.139. The maximum Gasteiger partial charge on any atom is 0.337 e. The van der Waals surface area contributed by atoms with Crippen LogP contribution in [0.15, 0.2) is 18.2 Å². The van der Waals surface area contributed by atoms with Gasteiger partial charge in [0.1, 0.15) is 0 Å². The van der Waals surface area contributed by atoms with E-state index in [1.807, 2.05) is 4.90 Å². The monoisotopic (exact) mass is 335 g/mol. The number of piperidine rings is 1. The number of methoxy groups -OCH3 is 2. The molecule has 1 aliphatic rings. The second kappa shape index (κ2) is 8.04. The standard InChI is InChI=1S/C18H25NO5/c1-12-6-5-7-13(2)19(12)17(20)11-24-15-9-8-14(18(21)23-4)10-16(15)22-3/h8-10,12-13H,5-7,11H2,1-4H3. The fourth-order valence-corrected chi connectivity index (χ4v) is 3.16. The maximum atomic E-state index is 12.5. The summed E-state index contributed by atoms with van der Waals surface area (Å²) in [5.41, 5.74) is 0.367. The number of hydrogen-bond acceptors (Lipinski definition) is 5. The summed E-state index contributed by atoms with van der Waals surface area (Å²) in [5.74, 6) is 0.335. The van der Waals surface area contributed by atoms with Gasteiger partial charge in [0.05, 0.1) is 19.8 Å². The molecule has 1 fully saturated rings. The van der Waals surface area contributed by atoms with Crippen LogP contribution in [0.4, 0.5) is 0 Å². The van der Waals surface area contributed by atoms with Gasteiger partial charge in [-0.2, -0.15) is 0 Å². The predicted molar refractivity (Wildman–Crippen MR) is 89.4 cm³/mol. The Morgan fingerprint density at radius 1 is 1.12 bits per heavy atom. The molecule has 1 aromatic rings. The average molecular weight is 335 g/mol. The smallest absolute Gasteiger partial charge is 0.337 e. The third kappa shape index (κ3) is 3.99. The minimum absolute atomic E-state index is 0.0335. The summed E-state index contributed by atoms with van der Waals surface area (Å²) < 4.78 is 15.6. The lowest BCUT2D eigenvalue weighted by atomic mass is 9.97. The Hall–Kier alpha value is -2.24. The van der Waals surface area contributed by atoms with Crippen LogP contribution in [0.3, 0.4) is 0 Å². The van der Waals surface area contributed by atoms with Gasteiger partial charge in [-0.1, -0.05) is 0 Å². The Morgan fingerprint density at radius 2 is 1.79 bits per heavy atom. The SMILES string of the molecule is COC(=O)c1ccc(OCC(=O)N2C(C)CCCC2C)c(OC)c1. The molecule has 1 amide bonds. The van der Waals surface area contributed by atoms with Crippen LogP contribution in [0.5, 0.6) is 11.5 Å². The summed E-state index contributed by atoms with van der Waals surface area (Å²) in [6.45, 7) is 4.08. The molecule has 2 rings (SSSR count). The molecule has 0 aliphatic carbocycles. The lowest BCUT2D eigenvalue weighted by Crippen LogP contribution is -2.49. The Labute approximate surface area is 142 Å². The first-order valence-electron chi connectivity index (χ1n) is 8.18. The first-order chi connectivity index (χ1) is 11.5. The topological polar surface area (TPSA) is 65.1 Å². The van der Waals surface area contributed by atoms with Gasteiger partial charge < -0.3 is 19.1 Å². The molecule has 0 aromatic heterocycles. The second-order valence-corrected chi connectivity index (χ2v) is 6.08. The van der Waals surface area contributed by atoms with Crippen molar-refractivity contribution in [3.63, 3.8) is 0 Å². The predicted octanol–water partition coefficient (Wildman–Crippen LogP) is 2.65. The number of carbonyl (C=O) groups is 2. The molecule has 2 unspecified atom stereocenters. The molecule has 0 bridgehead atoms. The van der Waals surface area contributed by atoms with E-state index in [2.05, 4.69) is 18.6 Å². The van der Waals surface area contributed by atoms with E-state index < -0.39 is 5.97 Å². The quantitative estimate of drug-likeness (QED) is 0.774. The minimum atomic E-state index is -0.452. The Balaban J connectivity index is 2.05. The molecular weight excluding hydrogens is 310 g/mol. The van der Waals surface area contributed by atoms with Gasteiger partial charge in [-0.15, -0.1) is 0 Å². The van der Waals surface area contributed by atoms with Crippen LogP contribution < -0.4 is 9.47 Å². The van der Waals surface area contributed by atoms with Crippen molar-refractivity contribution in [2.45, 2.75) is 45.2 Å². The van der Waals surface area contributed by atoms with Crippen LogP contribution >= 0.6 is 0 Å². The molecule has 1 saturated heterocycles. The summed E-state index contributed by atoms with van der Waals surface area (Å²) in [6.07, 6.45) is 3.19. The van der Waals surface area contributed by atoms with Crippen molar-refractivity contribution in [2.75, 3.05) is 20.8 Å². The van der Waals surface area contributed by atoms with Crippen molar-refractivity contribution in [1.29, 1.82) is 0 Å². The number of amides is 1. The zero-order chi connectivity index (χ0) is 17.7. The number of carbonyl (C=O) groups excluding carboxylic acids is 2. The third-order valence-corrected chi connectivity index (χ3v) is 4.42. The number of esters is 1. The summed E-state index contributed by atoms with van der Waals surface area (Å²) in [4.78, 5) is 26.0. The molecule has 1 aromatic carbocycles. The van der Waals surface area contributed by atoms with Gasteiger partial charge in [0.2, 0.25) is 0 Å². The fourth-order valence-electron chi connectivity index (χ4n) is 3.16.